The Kier molecular flexibility index (Phi) is 3.66. The summed E-state index contributed by atoms with van der Waals surface area (Å²) in [4.78, 5) is 14.4. The summed E-state index contributed by atoms with van der Waals surface area (Å²) >= 11 is 0. The number of likely N-dealkylation sites (tertiary alicyclic amines) is 1. The lowest BCUT2D eigenvalue weighted by molar-refractivity contribution is 0.0521. The second-order valence-corrected chi connectivity index (χ2v) is 5.92. The van der Waals surface area contributed by atoms with Crippen molar-refractivity contribution in [1.29, 1.82) is 0 Å². The van der Waals surface area contributed by atoms with E-state index in [9.17, 15) is 9.90 Å². The minimum atomic E-state index is -0.267. The molecule has 1 fully saturated rings. The minimum Gasteiger partial charge on any atom is -0.393 e. The van der Waals surface area contributed by atoms with Crippen LogP contribution in [0.4, 0.5) is 5.69 Å². The van der Waals surface area contributed by atoms with Crippen molar-refractivity contribution in [3.05, 3.63) is 29.3 Å². The predicted octanol–water partition coefficient (Wildman–Crippen LogP) is 1.89. The first-order valence-electron chi connectivity index (χ1n) is 7.49. The van der Waals surface area contributed by atoms with Gasteiger partial charge in [0.25, 0.3) is 5.91 Å². The second-order valence-electron chi connectivity index (χ2n) is 5.92. The van der Waals surface area contributed by atoms with Crippen LogP contribution < -0.4 is 5.32 Å². The lowest BCUT2D eigenvalue weighted by atomic mass is 9.92. The molecule has 108 valence electrons. The number of fused-ring (bicyclic) bond motifs is 1. The number of aliphatic hydroxyl groups is 1. The Morgan fingerprint density at radius 2 is 2.15 bits per heavy atom. The summed E-state index contributed by atoms with van der Waals surface area (Å²) in [6.07, 6.45) is 2.57. The number of carbonyl (C=O) groups excluding carboxylic acids is 1. The van der Waals surface area contributed by atoms with Gasteiger partial charge in [-0.2, -0.15) is 0 Å². The molecule has 0 spiro atoms. The highest BCUT2D eigenvalue weighted by Crippen LogP contribution is 2.26. The number of hydrogen-bond donors (Lipinski definition) is 2. The third-order valence-electron chi connectivity index (χ3n) is 4.58. The van der Waals surface area contributed by atoms with Crippen LogP contribution in [0.1, 0.15) is 35.7 Å². The summed E-state index contributed by atoms with van der Waals surface area (Å²) in [6, 6.07) is 5.98. The number of benzene rings is 1. The highest BCUT2D eigenvalue weighted by molar-refractivity contribution is 5.95. The molecule has 3 rings (SSSR count). The zero-order chi connectivity index (χ0) is 14.1. The molecule has 1 atom stereocenters. The molecule has 1 amide bonds. The van der Waals surface area contributed by atoms with E-state index < -0.39 is 0 Å². The Labute approximate surface area is 119 Å². The van der Waals surface area contributed by atoms with Gasteiger partial charge < -0.3 is 15.3 Å². The molecule has 2 aliphatic rings. The fourth-order valence-corrected chi connectivity index (χ4v) is 3.19. The van der Waals surface area contributed by atoms with Gasteiger partial charge in [-0.15, -0.1) is 0 Å². The maximum absolute atomic E-state index is 12.5. The quantitative estimate of drug-likeness (QED) is 0.866. The molecule has 2 aliphatic heterocycles. The Balaban J connectivity index is 1.68. The first kappa shape index (κ1) is 13.4. The number of aliphatic hydroxyl groups excluding tert-OH is 1. The van der Waals surface area contributed by atoms with Crippen LogP contribution in [0.25, 0.3) is 0 Å². The van der Waals surface area contributed by atoms with E-state index in [0.29, 0.717) is 5.92 Å². The molecule has 4 heteroatoms. The summed E-state index contributed by atoms with van der Waals surface area (Å²) in [5, 5.41) is 12.9. The molecule has 0 aliphatic carbocycles. The van der Waals surface area contributed by atoms with E-state index in [1.807, 2.05) is 24.0 Å². The van der Waals surface area contributed by atoms with Crippen LogP contribution in [0.15, 0.2) is 18.2 Å². The molecule has 20 heavy (non-hydrogen) atoms. The lowest BCUT2D eigenvalue weighted by Crippen LogP contribution is -2.40. The Morgan fingerprint density at radius 3 is 2.85 bits per heavy atom. The van der Waals surface area contributed by atoms with Crippen molar-refractivity contribution in [2.75, 3.05) is 25.0 Å². The SMILES string of the molecule is CC(O)C1CCN(C(=O)c2ccc3c(c2)NCC3)CC1. The number of amides is 1. The van der Waals surface area contributed by atoms with Crippen molar-refractivity contribution in [3.8, 4) is 0 Å². The molecule has 0 radical (unpaired) electrons. The Bertz CT molecular complexity index is 505. The summed E-state index contributed by atoms with van der Waals surface area (Å²) in [5.41, 5.74) is 3.18. The van der Waals surface area contributed by atoms with Crippen molar-refractivity contribution < 1.29 is 9.90 Å². The van der Waals surface area contributed by atoms with Gasteiger partial charge in [0.05, 0.1) is 6.10 Å². The molecular weight excluding hydrogens is 252 g/mol. The van der Waals surface area contributed by atoms with Crippen LogP contribution in [0.3, 0.4) is 0 Å². The van der Waals surface area contributed by atoms with E-state index in [0.717, 1.165) is 50.1 Å². The van der Waals surface area contributed by atoms with Gasteiger partial charge in [-0.25, -0.2) is 0 Å². The molecule has 1 aromatic rings. The summed E-state index contributed by atoms with van der Waals surface area (Å²) in [7, 11) is 0. The molecule has 0 aromatic heterocycles. The van der Waals surface area contributed by atoms with Crippen LogP contribution in [0.5, 0.6) is 0 Å². The molecule has 1 aromatic carbocycles. The zero-order valence-corrected chi connectivity index (χ0v) is 11.9. The average Bonchev–Trinajstić information content (AvgIpc) is 2.94. The average molecular weight is 274 g/mol. The van der Waals surface area contributed by atoms with Gasteiger partial charge in [-0.05, 0) is 49.8 Å². The number of rotatable bonds is 2. The fraction of sp³-hybridized carbons (Fsp3) is 0.562. The third-order valence-corrected chi connectivity index (χ3v) is 4.58. The molecule has 0 bridgehead atoms. The highest BCUT2D eigenvalue weighted by atomic mass is 16.3. The van der Waals surface area contributed by atoms with Crippen molar-refractivity contribution in [3.63, 3.8) is 0 Å². The number of nitrogens with zero attached hydrogens (tertiary/aromatic N) is 1. The minimum absolute atomic E-state index is 0.116. The Hall–Kier alpha value is -1.55. The summed E-state index contributed by atoms with van der Waals surface area (Å²) in [6.45, 7) is 4.30. The van der Waals surface area contributed by atoms with E-state index in [-0.39, 0.29) is 12.0 Å². The van der Waals surface area contributed by atoms with E-state index in [4.69, 9.17) is 0 Å². The molecule has 2 N–H and O–H groups in total. The molecule has 1 saturated heterocycles. The van der Waals surface area contributed by atoms with E-state index >= 15 is 0 Å². The zero-order valence-electron chi connectivity index (χ0n) is 11.9. The number of nitrogens with one attached hydrogen (secondary N) is 1. The maximum atomic E-state index is 12.5. The molecule has 4 nitrogen and oxygen atoms in total. The summed E-state index contributed by atoms with van der Waals surface area (Å²) in [5.74, 6) is 0.450. The normalized spacial score (nSPS) is 20.4. The van der Waals surface area contributed by atoms with Crippen molar-refractivity contribution in [1.82, 2.24) is 4.90 Å². The number of carbonyl (C=O) groups is 1. The highest BCUT2D eigenvalue weighted by Gasteiger charge is 2.26. The van der Waals surface area contributed by atoms with Gasteiger partial charge in [0.2, 0.25) is 0 Å². The number of anilines is 1. The standard InChI is InChI=1S/C16H22N2O2/c1-11(19)12-5-8-18(9-6-12)16(20)14-3-2-13-4-7-17-15(13)10-14/h2-3,10-12,17,19H,4-9H2,1H3. The van der Waals surface area contributed by atoms with Gasteiger partial charge in [0.1, 0.15) is 0 Å². The molecule has 2 heterocycles. The first-order valence-corrected chi connectivity index (χ1v) is 7.49. The Morgan fingerprint density at radius 1 is 1.40 bits per heavy atom. The van der Waals surface area contributed by atoms with Gasteiger partial charge in [0, 0.05) is 30.9 Å². The maximum Gasteiger partial charge on any atom is 0.253 e. The first-order chi connectivity index (χ1) is 9.65. The van der Waals surface area contributed by atoms with Crippen LogP contribution in [0.2, 0.25) is 0 Å². The topological polar surface area (TPSA) is 52.6 Å². The van der Waals surface area contributed by atoms with E-state index in [1.165, 1.54) is 5.56 Å². The van der Waals surface area contributed by atoms with Gasteiger partial charge >= 0.3 is 0 Å². The van der Waals surface area contributed by atoms with Crippen molar-refractivity contribution >= 4 is 11.6 Å². The summed E-state index contributed by atoms with van der Waals surface area (Å²) < 4.78 is 0. The monoisotopic (exact) mass is 274 g/mol. The molecular formula is C16H22N2O2. The van der Waals surface area contributed by atoms with Crippen molar-refractivity contribution in [2.24, 2.45) is 5.92 Å². The van der Waals surface area contributed by atoms with Crippen molar-refractivity contribution in [2.45, 2.75) is 32.3 Å². The predicted molar refractivity (Wildman–Crippen MR) is 78.9 cm³/mol. The van der Waals surface area contributed by atoms with Gasteiger partial charge in [-0.1, -0.05) is 6.07 Å². The largest absolute Gasteiger partial charge is 0.393 e. The van der Waals surface area contributed by atoms with Crippen LogP contribution in [-0.2, 0) is 6.42 Å². The van der Waals surface area contributed by atoms with Gasteiger partial charge in [-0.3, -0.25) is 4.79 Å². The van der Waals surface area contributed by atoms with Crippen LogP contribution in [0, 0.1) is 5.92 Å². The van der Waals surface area contributed by atoms with Crippen LogP contribution >= 0.6 is 0 Å². The lowest BCUT2D eigenvalue weighted by Gasteiger charge is -2.33. The molecule has 1 unspecified atom stereocenters. The van der Waals surface area contributed by atoms with E-state index in [2.05, 4.69) is 11.4 Å². The van der Waals surface area contributed by atoms with Crippen LogP contribution in [-0.4, -0.2) is 41.7 Å². The third kappa shape index (κ3) is 2.52. The smallest absolute Gasteiger partial charge is 0.253 e. The fourth-order valence-electron chi connectivity index (χ4n) is 3.19. The number of hydrogen-bond acceptors (Lipinski definition) is 3. The molecule has 0 saturated carbocycles. The van der Waals surface area contributed by atoms with Gasteiger partial charge in [0.15, 0.2) is 0 Å². The number of piperidine rings is 1. The van der Waals surface area contributed by atoms with E-state index in [1.54, 1.807) is 0 Å². The second kappa shape index (κ2) is 5.44.